The van der Waals surface area contributed by atoms with Gasteiger partial charge in [-0.1, -0.05) is 13.3 Å². The molecule has 0 saturated carbocycles. The van der Waals surface area contributed by atoms with Crippen LogP contribution >= 0.6 is 40.4 Å². The number of imidazole rings is 1. The van der Waals surface area contributed by atoms with Gasteiger partial charge in [0.05, 0.1) is 13.6 Å². The molecular formula is C9H17Cl4FeN2. The second-order valence-electron chi connectivity index (χ2n) is 3.31. The van der Waals surface area contributed by atoms with Gasteiger partial charge in [0, 0.05) is 6.92 Å². The van der Waals surface area contributed by atoms with Gasteiger partial charge in [-0.15, -0.1) is 0 Å². The van der Waals surface area contributed by atoms with Crippen LogP contribution in [0.3, 0.4) is 0 Å². The van der Waals surface area contributed by atoms with E-state index in [-0.39, 0.29) is 0 Å². The zero-order valence-electron chi connectivity index (χ0n) is 9.54. The molecule has 2 nitrogen and oxygen atoms in total. The first kappa shape index (κ1) is 16.9. The van der Waals surface area contributed by atoms with Crippen LogP contribution in [0.1, 0.15) is 25.6 Å². The molecule has 0 N–H and O–H groups in total. The molecule has 0 saturated heterocycles. The van der Waals surface area contributed by atoms with Gasteiger partial charge in [0.25, 0.3) is 5.82 Å². The van der Waals surface area contributed by atoms with Crippen molar-refractivity contribution >= 4 is 40.4 Å². The summed E-state index contributed by atoms with van der Waals surface area (Å²) < 4.78 is 4.44. The average molecular weight is 351 g/mol. The standard InChI is InChI=1S/C9H17N2.4ClH.Fe/c1-4-5-6-11-8-7-10(3)9(11)2;;;;;/h7-8H,4-6H2,1-3H3;4*1H;/q+1;;;;;+3/p-4. The maximum atomic E-state index is 4.95. The van der Waals surface area contributed by atoms with Crippen molar-refractivity contribution in [2.45, 2.75) is 33.2 Å². The molecule has 1 aromatic rings. The third kappa shape index (κ3) is 8.98. The predicted molar refractivity (Wildman–Crippen MR) is 68.7 cm³/mol. The Morgan fingerprint density at radius 2 is 1.81 bits per heavy atom. The quantitative estimate of drug-likeness (QED) is 0.571. The van der Waals surface area contributed by atoms with Crippen LogP contribution in [0.4, 0.5) is 0 Å². The van der Waals surface area contributed by atoms with Crippen LogP contribution in [0.2, 0.25) is 0 Å². The van der Waals surface area contributed by atoms with E-state index in [0.29, 0.717) is 0 Å². The Hall–Kier alpha value is 0.889. The van der Waals surface area contributed by atoms with E-state index in [9.17, 15) is 0 Å². The molecule has 0 radical (unpaired) electrons. The molecule has 16 heavy (non-hydrogen) atoms. The Labute approximate surface area is 117 Å². The summed E-state index contributed by atoms with van der Waals surface area (Å²) in [5.41, 5.74) is 0. The Morgan fingerprint density at radius 1 is 1.31 bits per heavy atom. The fourth-order valence-electron chi connectivity index (χ4n) is 1.16. The van der Waals surface area contributed by atoms with Gasteiger partial charge < -0.3 is 0 Å². The van der Waals surface area contributed by atoms with Gasteiger partial charge in [-0.05, 0) is 6.42 Å². The first-order valence-corrected chi connectivity index (χ1v) is 10.9. The molecule has 0 atom stereocenters. The van der Waals surface area contributed by atoms with Gasteiger partial charge in [0.1, 0.15) is 12.4 Å². The van der Waals surface area contributed by atoms with Crippen molar-refractivity contribution in [3.63, 3.8) is 0 Å². The second-order valence-corrected chi connectivity index (χ2v) is 14.2. The van der Waals surface area contributed by atoms with Crippen LogP contribution in [0.15, 0.2) is 12.4 Å². The zero-order chi connectivity index (χ0) is 12.8. The van der Waals surface area contributed by atoms with E-state index in [1.54, 1.807) is 0 Å². The van der Waals surface area contributed by atoms with Crippen molar-refractivity contribution in [1.29, 1.82) is 0 Å². The Balaban J connectivity index is 0.000000385. The van der Waals surface area contributed by atoms with Gasteiger partial charge in [-0.25, -0.2) is 9.13 Å². The molecule has 1 heterocycles. The molecule has 0 spiro atoms. The summed E-state index contributed by atoms with van der Waals surface area (Å²) in [5, 5.41) is 0. The van der Waals surface area contributed by atoms with Crippen molar-refractivity contribution in [3.05, 3.63) is 18.2 Å². The average Bonchev–Trinajstić information content (AvgIpc) is 2.42. The molecular weight excluding hydrogens is 334 g/mol. The molecule has 0 unspecified atom stereocenters. The number of hydrogen-bond donors (Lipinski definition) is 0. The summed E-state index contributed by atoms with van der Waals surface area (Å²) in [4.78, 5) is 0. The number of unbranched alkanes of at least 4 members (excludes halogenated alkanes) is 1. The van der Waals surface area contributed by atoms with E-state index < -0.39 is 9.20 Å². The summed E-state index contributed by atoms with van der Waals surface area (Å²) in [6.45, 7) is 5.53. The normalized spacial score (nSPS) is 11.9. The van der Waals surface area contributed by atoms with Crippen LogP contribution < -0.4 is 4.57 Å². The van der Waals surface area contributed by atoms with E-state index in [0.717, 1.165) is 6.54 Å². The zero-order valence-corrected chi connectivity index (χ0v) is 13.7. The number of halogens is 4. The monoisotopic (exact) mass is 349 g/mol. The van der Waals surface area contributed by atoms with E-state index in [2.05, 4.69) is 42.4 Å². The summed E-state index contributed by atoms with van der Waals surface area (Å²) in [7, 11) is 19.3. The molecule has 0 fully saturated rings. The Kier molecular flexibility index (Phi) is 8.52. The maximum absolute atomic E-state index is 4.95. The summed E-state index contributed by atoms with van der Waals surface area (Å²) in [6.07, 6.45) is 6.78. The SMILES string of the molecule is CCCC[n+]1ccn(C)c1C.[Cl][Fe-]([Cl])([Cl])[Cl]. The first-order chi connectivity index (χ1) is 7.25. The van der Waals surface area contributed by atoms with Crippen LogP contribution in [0.25, 0.3) is 0 Å². The van der Waals surface area contributed by atoms with Crippen LogP contribution in [-0.2, 0) is 22.8 Å². The van der Waals surface area contributed by atoms with Gasteiger partial charge in [0.2, 0.25) is 0 Å². The van der Waals surface area contributed by atoms with E-state index in [1.165, 1.54) is 18.7 Å². The number of rotatable bonds is 3. The van der Waals surface area contributed by atoms with Crippen molar-refractivity contribution < 1.29 is 13.8 Å². The number of nitrogens with zero attached hydrogens (tertiary/aromatic N) is 2. The van der Waals surface area contributed by atoms with Crippen molar-refractivity contribution in [2.24, 2.45) is 7.05 Å². The van der Waals surface area contributed by atoms with Gasteiger partial charge in [0.15, 0.2) is 0 Å². The van der Waals surface area contributed by atoms with Crippen LogP contribution in [0.5, 0.6) is 0 Å². The third-order valence-electron chi connectivity index (χ3n) is 2.15. The Bertz CT molecular complexity index is 303. The van der Waals surface area contributed by atoms with Gasteiger partial charge >= 0.3 is 49.6 Å². The summed E-state index contributed by atoms with van der Waals surface area (Å²) in [5.74, 6) is 1.33. The van der Waals surface area contributed by atoms with Crippen molar-refractivity contribution in [3.8, 4) is 0 Å². The number of aryl methyl sites for hydroxylation is 2. The molecule has 0 aliphatic heterocycles. The number of hydrogen-bond acceptors (Lipinski definition) is 0. The fraction of sp³-hybridized carbons (Fsp3) is 0.667. The molecule has 7 heteroatoms. The van der Waals surface area contributed by atoms with Gasteiger partial charge in [-0.3, -0.25) is 0 Å². The second kappa shape index (κ2) is 8.07. The van der Waals surface area contributed by atoms with Gasteiger partial charge in [-0.2, -0.15) is 0 Å². The van der Waals surface area contributed by atoms with E-state index in [1.807, 2.05) is 0 Å². The molecule has 0 bridgehead atoms. The van der Waals surface area contributed by atoms with Crippen molar-refractivity contribution in [1.82, 2.24) is 4.57 Å². The summed E-state index contributed by atoms with van der Waals surface area (Å²) in [6, 6.07) is 0. The number of aromatic nitrogens is 2. The van der Waals surface area contributed by atoms with Crippen molar-refractivity contribution in [2.75, 3.05) is 0 Å². The molecule has 1 rings (SSSR count). The van der Waals surface area contributed by atoms with E-state index in [4.69, 9.17) is 40.4 Å². The minimum atomic E-state index is -2.61. The molecule has 99 valence electrons. The Morgan fingerprint density at radius 3 is 2.12 bits per heavy atom. The van der Waals surface area contributed by atoms with E-state index >= 15 is 0 Å². The molecule has 0 aliphatic carbocycles. The van der Waals surface area contributed by atoms with Crippen LogP contribution in [-0.4, -0.2) is 4.57 Å². The van der Waals surface area contributed by atoms with Crippen LogP contribution in [0, 0.1) is 6.92 Å². The third-order valence-corrected chi connectivity index (χ3v) is 2.15. The molecule has 1 aromatic heterocycles. The molecule has 0 aliphatic rings. The molecule has 0 aromatic carbocycles. The predicted octanol–water partition coefficient (Wildman–Crippen LogP) is 4.18. The topological polar surface area (TPSA) is 8.81 Å². The minimum absolute atomic E-state index is 1.16. The summed E-state index contributed by atoms with van der Waals surface area (Å²) >= 11 is 0. The first-order valence-electron chi connectivity index (χ1n) is 4.80. The fourth-order valence-corrected chi connectivity index (χ4v) is 1.16. The molecule has 0 amide bonds.